The highest BCUT2D eigenvalue weighted by molar-refractivity contribution is 8.28. The van der Waals surface area contributed by atoms with E-state index >= 15 is 0 Å². The van der Waals surface area contributed by atoms with Crippen molar-refractivity contribution in [3.8, 4) is 0 Å². The molecule has 0 aromatic heterocycles. The fourth-order valence-corrected chi connectivity index (χ4v) is 2.83. The summed E-state index contributed by atoms with van der Waals surface area (Å²) >= 11 is 0. The predicted octanol–water partition coefficient (Wildman–Crippen LogP) is 1.56. The minimum atomic E-state index is 0.0988. The van der Waals surface area contributed by atoms with Crippen LogP contribution < -0.4 is 0 Å². The third-order valence-electron chi connectivity index (χ3n) is 1.28. The Morgan fingerprint density at radius 3 is 2.89 bits per heavy atom. The van der Waals surface area contributed by atoms with E-state index in [2.05, 4.69) is 24.4 Å². The molecule has 1 nitrogen and oxygen atoms in total. The Morgan fingerprint density at radius 2 is 2.44 bits per heavy atom. The maximum absolute atomic E-state index is 4.10. The Kier molecular flexibility index (Phi) is 2.58. The Hall–Kier alpha value is 0.0200. The smallest absolute Gasteiger partial charge is 0.101 e. The van der Waals surface area contributed by atoms with E-state index in [0.29, 0.717) is 0 Å². The highest BCUT2D eigenvalue weighted by Crippen LogP contribution is 2.27. The van der Waals surface area contributed by atoms with Crippen molar-refractivity contribution in [2.24, 2.45) is 10.9 Å². The molecule has 0 spiro atoms. The number of hydrogen-bond donors (Lipinski definition) is 1. The summed E-state index contributed by atoms with van der Waals surface area (Å²) in [5.41, 5.74) is 3.18. The highest BCUT2D eigenvalue weighted by atomic mass is 32.2. The van der Waals surface area contributed by atoms with E-state index in [4.69, 9.17) is 0 Å². The molecule has 0 saturated heterocycles. The first kappa shape index (κ1) is 7.13. The van der Waals surface area contributed by atoms with Gasteiger partial charge in [-0.05, 0) is 17.4 Å². The highest BCUT2D eigenvalue weighted by Gasteiger charge is 2.07. The average molecular weight is 144 g/mol. The second-order valence-electron chi connectivity index (χ2n) is 2.82. The van der Waals surface area contributed by atoms with Crippen LogP contribution >= 0.6 is 10.9 Å². The summed E-state index contributed by atoms with van der Waals surface area (Å²) < 4.78 is 0. The molecule has 1 rings (SSSR count). The van der Waals surface area contributed by atoms with E-state index in [1.54, 1.807) is 0 Å². The van der Waals surface area contributed by atoms with Gasteiger partial charge in [0.2, 0.25) is 0 Å². The molecule has 0 amide bonds. The summed E-state index contributed by atoms with van der Waals surface area (Å²) in [5.74, 6) is 3.46. The Labute approximate surface area is 59.9 Å². The van der Waals surface area contributed by atoms with Gasteiger partial charge in [0.15, 0.2) is 0 Å². The third-order valence-corrected chi connectivity index (χ3v) is 3.61. The molecule has 1 heterocycles. The van der Waals surface area contributed by atoms with E-state index in [1.165, 1.54) is 11.5 Å². The Balaban J connectivity index is 2.20. The summed E-state index contributed by atoms with van der Waals surface area (Å²) in [7, 11) is 0.0988. The molecule has 0 aromatic carbocycles. The molecule has 9 heavy (non-hydrogen) atoms. The lowest BCUT2D eigenvalue weighted by molar-refractivity contribution is 0.749. The first-order valence-corrected chi connectivity index (χ1v) is 5.17. The summed E-state index contributed by atoms with van der Waals surface area (Å²) in [5, 5.41) is 0. The van der Waals surface area contributed by atoms with Crippen molar-refractivity contribution in [1.82, 2.24) is 0 Å². The normalized spacial score (nSPS) is 29.9. The van der Waals surface area contributed by atoms with Crippen LogP contribution in [0.25, 0.3) is 0 Å². The molecule has 2 heteroatoms. The fourth-order valence-electron chi connectivity index (χ4n) is 0.944. The van der Waals surface area contributed by atoms with E-state index in [-0.39, 0.29) is 10.9 Å². The minimum absolute atomic E-state index is 0.0988. The van der Waals surface area contributed by atoms with E-state index in [1.807, 2.05) is 0 Å². The number of nitrogens with zero attached hydrogens (tertiary/aromatic N) is 1. The van der Waals surface area contributed by atoms with Gasteiger partial charge in [0.25, 0.3) is 0 Å². The molecule has 0 aliphatic carbocycles. The fraction of sp³-hybridized carbons (Fsp3) is 0.857. The molecule has 1 aliphatic rings. The van der Waals surface area contributed by atoms with Gasteiger partial charge in [-0.3, -0.25) is 4.99 Å². The summed E-state index contributed by atoms with van der Waals surface area (Å²) in [6.45, 7) is 5.57. The van der Waals surface area contributed by atoms with Crippen LogP contribution in [0, 0.1) is 5.92 Å². The van der Waals surface area contributed by atoms with Crippen LogP contribution in [0.2, 0.25) is 0 Å². The lowest BCUT2D eigenvalue weighted by Crippen LogP contribution is -1.98. The van der Waals surface area contributed by atoms with Gasteiger partial charge < -0.3 is 0 Å². The minimum Gasteiger partial charge on any atom is -0.277 e. The topological polar surface area (TPSA) is 12.4 Å². The third kappa shape index (κ3) is 2.39. The van der Waals surface area contributed by atoms with Gasteiger partial charge in [0.1, 0.15) is 5.55 Å². The number of rotatable bonds is 2. The van der Waals surface area contributed by atoms with Crippen LogP contribution in [0.3, 0.4) is 0 Å². The largest absolute Gasteiger partial charge is 0.277 e. The molecule has 1 radical (unpaired) electrons. The zero-order chi connectivity index (χ0) is 6.69. The second-order valence-corrected chi connectivity index (χ2v) is 4.91. The summed E-state index contributed by atoms with van der Waals surface area (Å²) in [6.07, 6.45) is 0. The molecule has 0 fully saturated rings. The number of aliphatic imine (C=N–C) groups is 1. The van der Waals surface area contributed by atoms with Crippen LogP contribution in [0.15, 0.2) is 4.99 Å². The van der Waals surface area contributed by atoms with Crippen LogP contribution in [-0.2, 0) is 0 Å². The first-order chi connectivity index (χ1) is 4.29. The Bertz CT molecular complexity index is 109. The lowest BCUT2D eigenvalue weighted by Gasteiger charge is -2.11. The van der Waals surface area contributed by atoms with Crippen LogP contribution in [0.5, 0.6) is 0 Å². The van der Waals surface area contributed by atoms with Crippen LogP contribution in [0.1, 0.15) is 13.8 Å². The van der Waals surface area contributed by atoms with Crippen molar-refractivity contribution in [1.29, 1.82) is 0 Å². The zero-order valence-corrected chi connectivity index (χ0v) is 6.99. The van der Waals surface area contributed by atoms with Crippen molar-refractivity contribution < 1.29 is 0 Å². The van der Waals surface area contributed by atoms with Crippen molar-refractivity contribution >= 4 is 16.4 Å². The van der Waals surface area contributed by atoms with Gasteiger partial charge in [-0.2, -0.15) is 0 Å². The van der Waals surface area contributed by atoms with Gasteiger partial charge in [0, 0.05) is 6.54 Å². The standard InChI is InChI=1S/C7H14NS/c1-7(2)5-9-4-3-8-6-9/h7,9H,3-5H2,1-2H3. The van der Waals surface area contributed by atoms with E-state index in [9.17, 15) is 0 Å². The van der Waals surface area contributed by atoms with E-state index < -0.39 is 0 Å². The van der Waals surface area contributed by atoms with Gasteiger partial charge >= 0.3 is 0 Å². The maximum atomic E-state index is 4.10. The van der Waals surface area contributed by atoms with Gasteiger partial charge in [-0.25, -0.2) is 10.9 Å². The van der Waals surface area contributed by atoms with Crippen LogP contribution in [0.4, 0.5) is 0 Å². The van der Waals surface area contributed by atoms with Gasteiger partial charge in [-0.1, -0.05) is 13.8 Å². The summed E-state index contributed by atoms with van der Waals surface area (Å²) in [4.78, 5) is 4.10. The van der Waals surface area contributed by atoms with E-state index in [0.717, 1.165) is 12.5 Å². The Morgan fingerprint density at radius 1 is 1.67 bits per heavy atom. The van der Waals surface area contributed by atoms with Crippen molar-refractivity contribution in [3.05, 3.63) is 0 Å². The molecule has 0 N–H and O–H groups in total. The second kappa shape index (κ2) is 3.25. The molecular weight excluding hydrogens is 130 g/mol. The maximum Gasteiger partial charge on any atom is 0.101 e. The molecule has 1 atom stereocenters. The first-order valence-electron chi connectivity index (χ1n) is 3.46. The SMILES string of the molecule is CC(C)C[SH]1[C]=NCC1. The average Bonchev–Trinajstić information content (AvgIpc) is 2.15. The van der Waals surface area contributed by atoms with Gasteiger partial charge in [0.05, 0.1) is 0 Å². The summed E-state index contributed by atoms with van der Waals surface area (Å²) in [6, 6.07) is 0. The molecule has 1 unspecified atom stereocenters. The monoisotopic (exact) mass is 144 g/mol. The molecule has 0 aromatic rings. The number of thiol groups is 1. The van der Waals surface area contributed by atoms with Gasteiger partial charge in [-0.15, -0.1) is 0 Å². The van der Waals surface area contributed by atoms with Crippen molar-refractivity contribution in [2.75, 3.05) is 18.1 Å². The van der Waals surface area contributed by atoms with Crippen molar-refractivity contribution in [3.63, 3.8) is 0 Å². The number of hydrogen-bond acceptors (Lipinski definition) is 1. The van der Waals surface area contributed by atoms with Crippen LogP contribution in [-0.4, -0.2) is 23.6 Å². The zero-order valence-electron chi connectivity index (χ0n) is 6.09. The molecule has 0 bridgehead atoms. The predicted molar refractivity (Wildman–Crippen MR) is 45.9 cm³/mol. The molecule has 53 valence electrons. The molecular formula is C7H14NS. The quantitative estimate of drug-likeness (QED) is 0.565. The van der Waals surface area contributed by atoms with Crippen molar-refractivity contribution in [2.45, 2.75) is 13.8 Å². The lowest BCUT2D eigenvalue weighted by atomic mass is 10.3. The molecule has 1 aliphatic heterocycles. The molecule has 0 saturated carbocycles.